The smallest absolute Gasteiger partial charge is 0.352 e. The van der Waals surface area contributed by atoms with Gasteiger partial charge in [0, 0.05) is 6.54 Å². The molecule has 1 aromatic carbocycles. The number of quaternary nitrogens is 1. The van der Waals surface area contributed by atoms with Gasteiger partial charge in [-0.25, -0.2) is 9.78 Å². The molecular formula is C20H28BrN5O2. The van der Waals surface area contributed by atoms with Gasteiger partial charge in [-0.2, -0.15) is 4.98 Å². The number of nitrogens with one attached hydrogen (secondary N) is 1. The third kappa shape index (κ3) is 4.17. The highest BCUT2D eigenvalue weighted by Crippen LogP contribution is 2.24. The lowest BCUT2D eigenvalue weighted by Gasteiger charge is -2.19. The largest absolute Gasteiger partial charge is 1.00 e. The van der Waals surface area contributed by atoms with E-state index >= 15 is 0 Å². The van der Waals surface area contributed by atoms with Gasteiger partial charge in [-0.3, -0.25) is 9.36 Å². The van der Waals surface area contributed by atoms with Gasteiger partial charge in [-0.05, 0) is 43.5 Å². The molecule has 0 aliphatic carbocycles. The molecular weight excluding hydrogens is 422 g/mol. The van der Waals surface area contributed by atoms with Gasteiger partial charge in [0.15, 0.2) is 11.5 Å². The first-order valence-electron chi connectivity index (χ1n) is 9.54. The van der Waals surface area contributed by atoms with Crippen molar-refractivity contribution in [3.63, 3.8) is 0 Å². The molecule has 0 saturated carbocycles. The molecule has 0 unspecified atom stereocenters. The highest BCUT2D eigenvalue weighted by Gasteiger charge is 2.22. The van der Waals surface area contributed by atoms with Crippen LogP contribution < -0.4 is 33.1 Å². The van der Waals surface area contributed by atoms with E-state index in [1.165, 1.54) is 4.57 Å². The maximum atomic E-state index is 13.0. The van der Waals surface area contributed by atoms with Crippen LogP contribution in [0.5, 0.6) is 0 Å². The molecule has 3 rings (SSSR count). The van der Waals surface area contributed by atoms with Gasteiger partial charge in [-0.15, -0.1) is 0 Å². The van der Waals surface area contributed by atoms with Crippen molar-refractivity contribution in [3.8, 4) is 11.5 Å². The zero-order chi connectivity index (χ0) is 19.7. The molecule has 2 aliphatic heterocycles. The van der Waals surface area contributed by atoms with Crippen LogP contribution in [-0.2, 0) is 13.1 Å². The van der Waals surface area contributed by atoms with Crippen molar-refractivity contribution < 1.29 is 21.9 Å². The fraction of sp³-hybridized carbons (Fsp3) is 0.500. The number of hydrogen-bond donors (Lipinski definition) is 1. The highest BCUT2D eigenvalue weighted by molar-refractivity contribution is 5.81. The Labute approximate surface area is 175 Å². The molecule has 2 aliphatic rings. The van der Waals surface area contributed by atoms with Crippen LogP contribution in [-0.4, -0.2) is 39.7 Å². The molecule has 0 spiro atoms. The summed E-state index contributed by atoms with van der Waals surface area (Å²) < 4.78 is 3.19. The summed E-state index contributed by atoms with van der Waals surface area (Å²) in [6.07, 6.45) is 1.95. The lowest BCUT2D eigenvalue weighted by atomic mass is 10.1. The summed E-state index contributed by atoms with van der Waals surface area (Å²) in [6, 6.07) is 4.07. The van der Waals surface area contributed by atoms with Crippen LogP contribution in [0.2, 0.25) is 0 Å². The Morgan fingerprint density at radius 1 is 1.00 bits per heavy atom. The van der Waals surface area contributed by atoms with E-state index in [0.717, 1.165) is 39.9 Å². The Kier molecular flexibility index (Phi) is 7.11. The molecule has 2 heterocycles. The van der Waals surface area contributed by atoms with E-state index in [-0.39, 0.29) is 28.2 Å². The van der Waals surface area contributed by atoms with E-state index in [0.29, 0.717) is 25.5 Å². The number of aryl methyl sites for hydroxylation is 3. The van der Waals surface area contributed by atoms with Crippen LogP contribution in [0, 0.1) is 13.8 Å². The molecule has 0 saturated heterocycles. The molecule has 0 amide bonds. The molecule has 7 nitrogen and oxygen atoms in total. The van der Waals surface area contributed by atoms with E-state index in [9.17, 15) is 9.59 Å². The zero-order valence-electron chi connectivity index (χ0n) is 17.2. The molecule has 8 heteroatoms. The fourth-order valence-electron chi connectivity index (χ4n) is 3.20. The summed E-state index contributed by atoms with van der Waals surface area (Å²) in [5.41, 5.74) is 3.39. The standard InChI is InChI=1S/C20H27N5O2.BrH/c1-6-7-8-24-16-12-14(3)13(2)11-15(16)21-17-18(24)22-20(27)25(19(17)26)10-9-23(4)5;/h11-12H,6-10H2,1-5H3;1H. The first-order valence-corrected chi connectivity index (χ1v) is 9.54. The van der Waals surface area contributed by atoms with E-state index in [1.807, 2.05) is 31.7 Å². The second-order valence-corrected chi connectivity index (χ2v) is 7.52. The van der Waals surface area contributed by atoms with E-state index < -0.39 is 5.69 Å². The Hall–Kier alpha value is -2.06. The third-order valence-electron chi connectivity index (χ3n) is 5.03. The summed E-state index contributed by atoms with van der Waals surface area (Å²) in [5, 5.41) is 0. The monoisotopic (exact) mass is 449 g/mol. The van der Waals surface area contributed by atoms with Gasteiger partial charge in [0.1, 0.15) is 0 Å². The number of halogens is 1. The van der Waals surface area contributed by atoms with Gasteiger partial charge < -0.3 is 26.4 Å². The zero-order valence-corrected chi connectivity index (χ0v) is 18.8. The van der Waals surface area contributed by atoms with Gasteiger partial charge >= 0.3 is 5.69 Å². The fourth-order valence-corrected chi connectivity index (χ4v) is 3.20. The van der Waals surface area contributed by atoms with E-state index in [1.54, 1.807) is 0 Å². The minimum Gasteiger partial charge on any atom is -1.00 e. The second kappa shape index (κ2) is 8.96. The molecule has 152 valence electrons. The van der Waals surface area contributed by atoms with Gasteiger partial charge in [0.25, 0.3) is 5.56 Å². The first-order chi connectivity index (χ1) is 12.8. The summed E-state index contributed by atoms with van der Waals surface area (Å²) >= 11 is 0. The Morgan fingerprint density at radius 2 is 1.68 bits per heavy atom. The number of unbranched alkanes of at least 4 members (excludes halogenated alkanes) is 1. The number of hydrogen-bond acceptors (Lipinski definition) is 4. The summed E-state index contributed by atoms with van der Waals surface area (Å²) in [5.74, 6) is 0.391. The maximum absolute atomic E-state index is 13.0. The van der Waals surface area contributed by atoms with Crippen molar-refractivity contribution in [2.24, 2.45) is 0 Å². The molecule has 0 fully saturated rings. The number of aromatic nitrogens is 4. The van der Waals surface area contributed by atoms with Crippen molar-refractivity contribution in [3.05, 3.63) is 44.1 Å². The Bertz CT molecular complexity index is 1070. The normalized spacial score (nSPS) is 11.4. The minimum atomic E-state index is -0.496. The summed E-state index contributed by atoms with van der Waals surface area (Å²) in [7, 11) is 3.97. The highest BCUT2D eigenvalue weighted by atomic mass is 79.9. The average Bonchev–Trinajstić information content (AvgIpc) is 2.60. The third-order valence-corrected chi connectivity index (χ3v) is 5.03. The predicted molar refractivity (Wildman–Crippen MR) is 107 cm³/mol. The molecule has 0 atom stereocenters. The van der Waals surface area contributed by atoms with Crippen LogP contribution in [0.3, 0.4) is 0 Å². The lowest BCUT2D eigenvalue weighted by Crippen LogP contribution is -3.06. The van der Waals surface area contributed by atoms with E-state index in [4.69, 9.17) is 0 Å². The quantitative estimate of drug-likeness (QED) is 0.426. The van der Waals surface area contributed by atoms with Crippen LogP contribution in [0.15, 0.2) is 21.7 Å². The maximum Gasteiger partial charge on any atom is 0.352 e. The Morgan fingerprint density at radius 3 is 2.32 bits per heavy atom. The van der Waals surface area contributed by atoms with Crippen LogP contribution in [0.4, 0.5) is 0 Å². The molecule has 0 aromatic heterocycles. The van der Waals surface area contributed by atoms with Crippen molar-refractivity contribution in [1.82, 2.24) is 19.1 Å². The Balaban J connectivity index is 0.00000280. The van der Waals surface area contributed by atoms with Crippen LogP contribution >= 0.6 is 0 Å². The number of nitrogens with zero attached hydrogens (tertiary/aromatic N) is 4. The predicted octanol–water partition coefficient (Wildman–Crippen LogP) is -2.38. The van der Waals surface area contributed by atoms with Crippen LogP contribution in [0.1, 0.15) is 30.9 Å². The van der Waals surface area contributed by atoms with Crippen molar-refractivity contribution in [2.45, 2.75) is 46.7 Å². The SMILES string of the molecule is CCCCn1c2nc(=O)n(CC[NH+](C)C)c(=O)c-2nc2cc(C)c(C)cc21.[Br-]. The van der Waals surface area contributed by atoms with Crippen molar-refractivity contribution >= 4 is 11.0 Å². The topological polar surface area (TPSA) is 74.2 Å². The van der Waals surface area contributed by atoms with Crippen molar-refractivity contribution in [1.29, 1.82) is 0 Å². The van der Waals surface area contributed by atoms with Gasteiger partial charge in [-0.1, -0.05) is 13.3 Å². The van der Waals surface area contributed by atoms with E-state index in [2.05, 4.69) is 29.9 Å². The van der Waals surface area contributed by atoms with Gasteiger partial charge in [0.2, 0.25) is 0 Å². The van der Waals surface area contributed by atoms with Gasteiger partial charge in [0.05, 0.1) is 38.2 Å². The molecule has 1 aromatic rings. The molecule has 0 bridgehead atoms. The molecule has 0 radical (unpaired) electrons. The van der Waals surface area contributed by atoms with Crippen molar-refractivity contribution in [2.75, 3.05) is 20.6 Å². The number of benzene rings is 1. The number of likely N-dealkylation sites (N-methyl/N-ethyl adjacent to an activating group) is 1. The number of rotatable bonds is 6. The first kappa shape index (κ1) is 22.2. The molecule has 1 N–H and O–H groups in total. The minimum absolute atomic E-state index is 0. The molecule has 28 heavy (non-hydrogen) atoms. The number of fused-ring (bicyclic) bond motifs is 2. The summed E-state index contributed by atoms with van der Waals surface area (Å²) in [4.78, 5) is 35.6. The lowest BCUT2D eigenvalue weighted by molar-refractivity contribution is -0.859. The summed E-state index contributed by atoms with van der Waals surface area (Å²) in [6.45, 7) is 7.91. The second-order valence-electron chi connectivity index (χ2n) is 7.52. The average molecular weight is 450 g/mol. The van der Waals surface area contributed by atoms with Crippen LogP contribution in [0.25, 0.3) is 22.6 Å².